The molecule has 1 atom stereocenters. The predicted octanol–water partition coefficient (Wildman–Crippen LogP) is 5.71. The van der Waals surface area contributed by atoms with E-state index in [2.05, 4.69) is 10.2 Å². The third-order valence-electron chi connectivity index (χ3n) is 5.22. The van der Waals surface area contributed by atoms with Gasteiger partial charge in [-0.2, -0.15) is 0 Å². The molecule has 0 N–H and O–H groups in total. The Morgan fingerprint density at radius 1 is 1.06 bits per heavy atom. The fourth-order valence-corrected chi connectivity index (χ4v) is 4.69. The molecule has 174 valence electrons. The number of aryl methyl sites for hydroxylation is 2. The molecule has 34 heavy (non-hydrogen) atoms. The second-order valence-corrected chi connectivity index (χ2v) is 8.95. The monoisotopic (exact) mass is 478 g/mol. The lowest BCUT2D eigenvalue weighted by Gasteiger charge is -2.15. The molecule has 3 aromatic carbocycles. The van der Waals surface area contributed by atoms with Gasteiger partial charge in [-0.25, -0.2) is 4.39 Å². The molecule has 4 aromatic rings. The number of nitrogens with zero attached hydrogens (tertiary/aromatic N) is 4. The number of hydrogen-bond donors (Lipinski definition) is 0. The highest BCUT2D eigenvalue weighted by Crippen LogP contribution is 2.36. The first-order chi connectivity index (χ1) is 16.4. The third-order valence-corrected chi connectivity index (χ3v) is 6.40. The Labute approximate surface area is 200 Å². The van der Waals surface area contributed by atoms with Gasteiger partial charge in [0, 0.05) is 16.2 Å². The molecule has 0 amide bonds. The molecular weight excluding hydrogens is 455 g/mol. The van der Waals surface area contributed by atoms with E-state index in [0.29, 0.717) is 22.3 Å². The molecule has 1 heterocycles. The highest BCUT2D eigenvalue weighted by atomic mass is 32.2. The average molecular weight is 479 g/mol. The first kappa shape index (κ1) is 23.4. The molecule has 0 saturated heterocycles. The SMILES string of the molecule is Cc1cccc(-n2c(C)nnc2S[C@H](C[N+](=O)[O-])c2ccc(OCc3ccccc3F)cc2)c1. The molecule has 0 radical (unpaired) electrons. The molecule has 0 unspecified atom stereocenters. The highest BCUT2D eigenvalue weighted by Gasteiger charge is 2.24. The lowest BCUT2D eigenvalue weighted by atomic mass is 10.1. The molecule has 0 spiro atoms. The van der Waals surface area contributed by atoms with Crippen molar-refractivity contribution in [2.45, 2.75) is 30.9 Å². The van der Waals surface area contributed by atoms with Crippen molar-refractivity contribution in [2.75, 3.05) is 6.54 Å². The minimum absolute atomic E-state index is 0.0952. The summed E-state index contributed by atoms with van der Waals surface area (Å²) in [6.45, 7) is 3.67. The van der Waals surface area contributed by atoms with Crippen molar-refractivity contribution in [3.05, 3.63) is 111 Å². The number of thioether (sulfide) groups is 1. The van der Waals surface area contributed by atoms with E-state index < -0.39 is 5.25 Å². The van der Waals surface area contributed by atoms with Crippen LogP contribution in [0.3, 0.4) is 0 Å². The van der Waals surface area contributed by atoms with E-state index in [4.69, 9.17) is 4.74 Å². The van der Waals surface area contributed by atoms with E-state index >= 15 is 0 Å². The molecule has 0 aliphatic heterocycles. The normalized spacial score (nSPS) is 11.9. The van der Waals surface area contributed by atoms with Crippen molar-refractivity contribution in [1.82, 2.24) is 14.8 Å². The summed E-state index contributed by atoms with van der Waals surface area (Å²) >= 11 is 1.29. The Balaban J connectivity index is 1.54. The minimum Gasteiger partial charge on any atom is -0.489 e. The van der Waals surface area contributed by atoms with Gasteiger partial charge >= 0.3 is 0 Å². The minimum atomic E-state index is -0.484. The van der Waals surface area contributed by atoms with Gasteiger partial charge in [-0.05, 0) is 55.3 Å². The lowest BCUT2D eigenvalue weighted by molar-refractivity contribution is -0.479. The van der Waals surface area contributed by atoms with Crippen LogP contribution in [-0.4, -0.2) is 26.2 Å². The smallest absolute Gasteiger partial charge is 0.220 e. The lowest BCUT2D eigenvalue weighted by Crippen LogP contribution is -2.11. The molecule has 9 heteroatoms. The van der Waals surface area contributed by atoms with E-state index in [1.165, 1.54) is 17.8 Å². The van der Waals surface area contributed by atoms with Gasteiger partial charge in [-0.1, -0.05) is 54.2 Å². The van der Waals surface area contributed by atoms with Crippen LogP contribution in [0.25, 0.3) is 5.69 Å². The largest absolute Gasteiger partial charge is 0.489 e. The van der Waals surface area contributed by atoms with Gasteiger partial charge in [0.1, 0.15) is 29.2 Å². The third kappa shape index (κ3) is 5.60. The molecular formula is C25H23FN4O3S. The van der Waals surface area contributed by atoms with E-state index in [-0.39, 0.29) is 23.9 Å². The fourth-order valence-electron chi connectivity index (χ4n) is 3.51. The van der Waals surface area contributed by atoms with E-state index in [1.54, 1.807) is 42.5 Å². The summed E-state index contributed by atoms with van der Waals surface area (Å²) in [4.78, 5) is 11.1. The Morgan fingerprint density at radius 3 is 2.53 bits per heavy atom. The van der Waals surface area contributed by atoms with Crippen LogP contribution in [0.2, 0.25) is 0 Å². The van der Waals surface area contributed by atoms with Crippen LogP contribution >= 0.6 is 11.8 Å². The standard InChI is InChI=1S/C25H23FN4O3S/c1-17-6-5-8-21(14-17)30-18(2)27-28-25(30)34-24(15-29(31)32)19-10-12-22(13-11-19)33-16-20-7-3-4-9-23(20)26/h3-14,24H,15-16H2,1-2H3/t24-/m1/s1. The summed E-state index contributed by atoms with van der Waals surface area (Å²) in [5.41, 5.74) is 3.21. The molecule has 1 aromatic heterocycles. The zero-order chi connectivity index (χ0) is 24.1. The van der Waals surface area contributed by atoms with Crippen LogP contribution in [0.5, 0.6) is 5.75 Å². The van der Waals surface area contributed by atoms with Crippen molar-refractivity contribution >= 4 is 11.8 Å². The summed E-state index contributed by atoms with van der Waals surface area (Å²) in [5.74, 6) is 0.926. The molecule has 0 fully saturated rings. The fraction of sp³-hybridized carbons (Fsp3) is 0.200. The Kier molecular flexibility index (Phi) is 7.22. The molecule has 0 bridgehead atoms. The Hall–Kier alpha value is -3.72. The van der Waals surface area contributed by atoms with Gasteiger partial charge in [0.25, 0.3) is 0 Å². The zero-order valence-corrected chi connectivity index (χ0v) is 19.5. The van der Waals surface area contributed by atoms with Gasteiger partial charge in [-0.15, -0.1) is 10.2 Å². The van der Waals surface area contributed by atoms with Crippen LogP contribution in [0, 0.1) is 29.8 Å². The number of ether oxygens (including phenoxy) is 1. The van der Waals surface area contributed by atoms with Crippen molar-refractivity contribution in [3.63, 3.8) is 0 Å². The van der Waals surface area contributed by atoms with Crippen LogP contribution in [-0.2, 0) is 6.61 Å². The molecule has 7 nitrogen and oxygen atoms in total. The van der Waals surface area contributed by atoms with Crippen LogP contribution in [0.15, 0.2) is 78.0 Å². The number of hydrogen-bond acceptors (Lipinski definition) is 6. The Morgan fingerprint density at radius 2 is 1.82 bits per heavy atom. The van der Waals surface area contributed by atoms with Gasteiger partial charge in [-0.3, -0.25) is 14.7 Å². The second kappa shape index (κ2) is 10.5. The predicted molar refractivity (Wildman–Crippen MR) is 128 cm³/mol. The molecule has 0 aliphatic rings. The number of nitro groups is 1. The van der Waals surface area contributed by atoms with Crippen molar-refractivity contribution in [3.8, 4) is 11.4 Å². The summed E-state index contributed by atoms with van der Waals surface area (Å²) < 4.78 is 21.4. The summed E-state index contributed by atoms with van der Waals surface area (Å²) in [6.07, 6.45) is 0. The molecule has 4 rings (SSSR count). The molecule has 0 saturated carbocycles. The quantitative estimate of drug-likeness (QED) is 0.174. The highest BCUT2D eigenvalue weighted by molar-refractivity contribution is 7.99. The number of aromatic nitrogens is 3. The summed E-state index contributed by atoms with van der Waals surface area (Å²) in [7, 11) is 0. The topological polar surface area (TPSA) is 83.1 Å². The maximum atomic E-state index is 13.8. The average Bonchev–Trinajstić information content (AvgIpc) is 3.18. The van der Waals surface area contributed by atoms with E-state index in [9.17, 15) is 14.5 Å². The van der Waals surface area contributed by atoms with Crippen molar-refractivity contribution in [1.29, 1.82) is 0 Å². The maximum absolute atomic E-state index is 13.8. The van der Waals surface area contributed by atoms with Crippen LogP contribution < -0.4 is 4.74 Å². The maximum Gasteiger partial charge on any atom is 0.220 e. The van der Waals surface area contributed by atoms with E-state index in [1.807, 2.05) is 42.7 Å². The van der Waals surface area contributed by atoms with Crippen LogP contribution in [0.4, 0.5) is 4.39 Å². The second-order valence-electron chi connectivity index (χ2n) is 7.78. The van der Waals surface area contributed by atoms with Crippen molar-refractivity contribution < 1.29 is 14.1 Å². The first-order valence-corrected chi connectivity index (χ1v) is 11.5. The van der Waals surface area contributed by atoms with E-state index in [0.717, 1.165) is 16.8 Å². The zero-order valence-electron chi connectivity index (χ0n) is 18.7. The van der Waals surface area contributed by atoms with Gasteiger partial charge in [0.2, 0.25) is 6.54 Å². The van der Waals surface area contributed by atoms with Gasteiger partial charge in [0.05, 0.1) is 0 Å². The number of halogens is 1. The first-order valence-electron chi connectivity index (χ1n) is 10.6. The van der Waals surface area contributed by atoms with Gasteiger partial charge in [0.15, 0.2) is 5.16 Å². The van der Waals surface area contributed by atoms with Crippen molar-refractivity contribution in [2.24, 2.45) is 0 Å². The Bertz CT molecular complexity index is 1290. The van der Waals surface area contributed by atoms with Gasteiger partial charge < -0.3 is 4.74 Å². The summed E-state index contributed by atoms with van der Waals surface area (Å²) in [6, 6.07) is 21.4. The number of benzene rings is 3. The summed E-state index contributed by atoms with van der Waals surface area (Å²) in [5, 5.41) is 20.0. The number of rotatable bonds is 9. The van der Waals surface area contributed by atoms with Crippen LogP contribution in [0.1, 0.15) is 27.8 Å². The molecule has 0 aliphatic carbocycles.